The molecule has 0 atom stereocenters. The van der Waals surface area contributed by atoms with E-state index in [1.54, 1.807) is 0 Å². The summed E-state index contributed by atoms with van der Waals surface area (Å²) in [7, 11) is 0.361. The standard InChI is InChI=1S/C19H22OSi/c1-14(2)20-21-19(18-12-8-6-10-16(18)4)13-17-11-7-5-9-15(17)3/h5-14H,1-4H3. The molecule has 0 spiro atoms. The molecule has 0 saturated carbocycles. The number of hydrogen-bond donors (Lipinski definition) is 0. The van der Waals surface area contributed by atoms with E-state index in [4.69, 9.17) is 4.43 Å². The fourth-order valence-corrected chi connectivity index (χ4v) is 3.09. The molecule has 0 aromatic heterocycles. The Morgan fingerprint density at radius 3 is 2.19 bits per heavy atom. The van der Waals surface area contributed by atoms with Gasteiger partial charge in [0.2, 0.25) is 0 Å². The summed E-state index contributed by atoms with van der Waals surface area (Å²) < 4.78 is 5.88. The molecule has 2 aromatic rings. The Hall–Kier alpha value is -1.64. The van der Waals surface area contributed by atoms with E-state index >= 15 is 0 Å². The van der Waals surface area contributed by atoms with E-state index in [-0.39, 0.29) is 6.10 Å². The van der Waals surface area contributed by atoms with E-state index in [0.29, 0.717) is 9.76 Å². The van der Waals surface area contributed by atoms with Gasteiger partial charge in [0, 0.05) is 6.10 Å². The van der Waals surface area contributed by atoms with Gasteiger partial charge in [-0.05, 0) is 55.1 Å². The highest BCUT2D eigenvalue weighted by molar-refractivity contribution is 6.57. The van der Waals surface area contributed by atoms with Crippen LogP contribution in [0.2, 0.25) is 0 Å². The van der Waals surface area contributed by atoms with Crippen molar-refractivity contribution in [3.63, 3.8) is 0 Å². The summed E-state index contributed by atoms with van der Waals surface area (Å²) in [6.07, 6.45) is 2.51. The molecule has 2 aromatic carbocycles. The first-order valence-corrected chi connectivity index (χ1v) is 8.23. The SMILES string of the molecule is Cc1ccccc1C=C([Si]OC(C)C)c1ccccc1C. The van der Waals surface area contributed by atoms with Crippen LogP contribution in [0.1, 0.15) is 36.1 Å². The molecule has 0 unspecified atom stereocenters. The van der Waals surface area contributed by atoms with Crippen LogP contribution < -0.4 is 0 Å². The van der Waals surface area contributed by atoms with Gasteiger partial charge in [0.25, 0.3) is 9.76 Å². The van der Waals surface area contributed by atoms with E-state index in [1.807, 2.05) is 0 Å². The molecule has 1 nitrogen and oxygen atoms in total. The number of benzene rings is 2. The van der Waals surface area contributed by atoms with Gasteiger partial charge in [-0.3, -0.25) is 0 Å². The van der Waals surface area contributed by atoms with Crippen molar-refractivity contribution in [1.29, 1.82) is 0 Å². The molecule has 0 N–H and O–H groups in total. The predicted octanol–water partition coefficient (Wildman–Crippen LogP) is 4.85. The molecule has 0 heterocycles. The van der Waals surface area contributed by atoms with E-state index in [9.17, 15) is 0 Å². The largest absolute Gasteiger partial charge is 0.409 e. The fraction of sp³-hybridized carbons (Fsp3) is 0.263. The van der Waals surface area contributed by atoms with Crippen LogP contribution >= 0.6 is 0 Å². The minimum atomic E-state index is 0.243. The minimum absolute atomic E-state index is 0.243. The number of aryl methyl sites for hydroxylation is 2. The third kappa shape index (κ3) is 4.41. The van der Waals surface area contributed by atoms with Crippen molar-refractivity contribution in [2.45, 2.75) is 33.8 Å². The molecular formula is C19H22OSi. The summed E-state index contributed by atoms with van der Waals surface area (Å²) >= 11 is 0. The summed E-state index contributed by atoms with van der Waals surface area (Å²) in [6, 6.07) is 17.0. The normalized spacial score (nSPS) is 12.0. The number of rotatable bonds is 5. The Balaban J connectivity index is 2.41. The molecule has 0 saturated heterocycles. The second-order valence-corrected chi connectivity index (χ2v) is 6.48. The van der Waals surface area contributed by atoms with Gasteiger partial charge in [0.15, 0.2) is 0 Å². The van der Waals surface area contributed by atoms with E-state index < -0.39 is 0 Å². The lowest BCUT2D eigenvalue weighted by molar-refractivity contribution is 0.261. The Kier molecular flexibility index (Phi) is 5.54. The second kappa shape index (κ2) is 7.39. The summed E-state index contributed by atoms with van der Waals surface area (Å²) in [6.45, 7) is 8.46. The smallest absolute Gasteiger partial charge is 0.269 e. The van der Waals surface area contributed by atoms with Crippen LogP contribution in [0.15, 0.2) is 48.5 Å². The van der Waals surface area contributed by atoms with Crippen molar-refractivity contribution in [2.24, 2.45) is 0 Å². The van der Waals surface area contributed by atoms with E-state index in [1.165, 1.54) is 27.5 Å². The second-order valence-electron chi connectivity index (χ2n) is 5.50. The van der Waals surface area contributed by atoms with Crippen molar-refractivity contribution in [1.82, 2.24) is 0 Å². The fourth-order valence-electron chi connectivity index (χ4n) is 2.12. The third-order valence-corrected chi connectivity index (χ3v) is 4.55. The van der Waals surface area contributed by atoms with Gasteiger partial charge >= 0.3 is 0 Å². The summed E-state index contributed by atoms with van der Waals surface area (Å²) in [5.41, 5.74) is 5.12. The van der Waals surface area contributed by atoms with Crippen LogP contribution in [0.25, 0.3) is 11.3 Å². The average molecular weight is 294 g/mol. The first-order chi connectivity index (χ1) is 10.1. The van der Waals surface area contributed by atoms with Gasteiger partial charge in [-0.15, -0.1) is 0 Å². The molecule has 2 heteroatoms. The van der Waals surface area contributed by atoms with Crippen LogP contribution in [0.4, 0.5) is 0 Å². The van der Waals surface area contributed by atoms with Crippen molar-refractivity contribution in [2.75, 3.05) is 0 Å². The van der Waals surface area contributed by atoms with E-state index in [2.05, 4.69) is 82.3 Å². The van der Waals surface area contributed by atoms with Crippen molar-refractivity contribution in [3.05, 3.63) is 70.8 Å². The minimum Gasteiger partial charge on any atom is -0.409 e. The molecule has 0 bridgehead atoms. The Labute approximate surface area is 130 Å². The predicted molar refractivity (Wildman–Crippen MR) is 92.2 cm³/mol. The van der Waals surface area contributed by atoms with Gasteiger partial charge in [0.05, 0.1) is 0 Å². The average Bonchev–Trinajstić information content (AvgIpc) is 2.46. The Bertz CT molecular complexity index is 629. The van der Waals surface area contributed by atoms with Crippen molar-refractivity contribution >= 4 is 21.0 Å². The van der Waals surface area contributed by atoms with Gasteiger partial charge in [0.1, 0.15) is 0 Å². The highest BCUT2D eigenvalue weighted by Gasteiger charge is 2.09. The lowest BCUT2D eigenvalue weighted by Gasteiger charge is -2.13. The van der Waals surface area contributed by atoms with Crippen LogP contribution in [0.3, 0.4) is 0 Å². The Morgan fingerprint density at radius 2 is 1.57 bits per heavy atom. The maximum absolute atomic E-state index is 5.88. The summed E-state index contributed by atoms with van der Waals surface area (Å²) in [5.74, 6) is 0. The van der Waals surface area contributed by atoms with Crippen molar-refractivity contribution < 1.29 is 4.43 Å². The zero-order valence-electron chi connectivity index (χ0n) is 13.2. The first-order valence-electron chi connectivity index (χ1n) is 7.33. The van der Waals surface area contributed by atoms with E-state index in [0.717, 1.165) is 0 Å². The monoisotopic (exact) mass is 294 g/mol. The quantitative estimate of drug-likeness (QED) is 0.566. The highest BCUT2D eigenvalue weighted by atomic mass is 28.2. The molecular weight excluding hydrogens is 272 g/mol. The highest BCUT2D eigenvalue weighted by Crippen LogP contribution is 2.22. The zero-order chi connectivity index (χ0) is 15.2. The van der Waals surface area contributed by atoms with Gasteiger partial charge in [-0.1, -0.05) is 54.6 Å². The first kappa shape index (κ1) is 15.7. The molecule has 0 fully saturated rings. The molecule has 2 radical (unpaired) electrons. The molecule has 0 aliphatic rings. The number of hydrogen-bond acceptors (Lipinski definition) is 1. The van der Waals surface area contributed by atoms with Gasteiger partial charge in [-0.25, -0.2) is 0 Å². The molecule has 21 heavy (non-hydrogen) atoms. The van der Waals surface area contributed by atoms with Crippen LogP contribution in [0, 0.1) is 13.8 Å². The van der Waals surface area contributed by atoms with Crippen LogP contribution in [-0.2, 0) is 4.43 Å². The Morgan fingerprint density at radius 1 is 0.952 bits per heavy atom. The van der Waals surface area contributed by atoms with Crippen LogP contribution in [0.5, 0.6) is 0 Å². The van der Waals surface area contributed by atoms with Crippen LogP contribution in [-0.4, -0.2) is 15.9 Å². The molecule has 0 amide bonds. The lowest BCUT2D eigenvalue weighted by atomic mass is 10.0. The topological polar surface area (TPSA) is 9.23 Å². The zero-order valence-corrected chi connectivity index (χ0v) is 14.2. The molecule has 108 valence electrons. The molecule has 2 rings (SSSR count). The van der Waals surface area contributed by atoms with Crippen molar-refractivity contribution in [3.8, 4) is 0 Å². The maximum Gasteiger partial charge on any atom is 0.269 e. The molecule has 0 aliphatic carbocycles. The summed E-state index contributed by atoms with van der Waals surface area (Å²) in [5, 5.41) is 1.26. The maximum atomic E-state index is 5.88. The molecule has 0 aliphatic heterocycles. The van der Waals surface area contributed by atoms with Gasteiger partial charge in [-0.2, -0.15) is 0 Å². The third-order valence-electron chi connectivity index (χ3n) is 3.33. The summed E-state index contributed by atoms with van der Waals surface area (Å²) in [4.78, 5) is 0. The van der Waals surface area contributed by atoms with Gasteiger partial charge < -0.3 is 4.43 Å². The lowest BCUT2D eigenvalue weighted by Crippen LogP contribution is -2.10.